The van der Waals surface area contributed by atoms with E-state index >= 15 is 0 Å². The molecule has 2 aliphatic rings. The molecule has 0 aromatic carbocycles. The third-order valence-electron chi connectivity index (χ3n) is 6.74. The number of carbonyl (C=O) groups excluding carboxylic acids is 1. The molecule has 1 amide bonds. The summed E-state index contributed by atoms with van der Waals surface area (Å²) in [6, 6.07) is 5.31. The molecule has 1 saturated heterocycles. The fraction of sp³-hybridized carbons (Fsp3) is 0.435. The quantitative estimate of drug-likeness (QED) is 0.621. The van der Waals surface area contributed by atoms with Crippen molar-refractivity contribution in [2.45, 2.75) is 31.2 Å². The number of pyridine rings is 2. The van der Waals surface area contributed by atoms with Crippen molar-refractivity contribution >= 4 is 22.6 Å². The SMILES string of the molecule is CNC(=O)c1ccc(N2CCN(C3CCC(c4nc5ncc(F)cc5c(=O)[nH]4)C3)CC2)cn1. The molecule has 1 aliphatic heterocycles. The molecular weight excluding hydrogens is 425 g/mol. The molecule has 3 aromatic rings. The molecule has 10 heteroatoms. The van der Waals surface area contributed by atoms with Crippen LogP contribution >= 0.6 is 0 Å². The number of amides is 1. The molecule has 0 radical (unpaired) electrons. The number of piperazine rings is 1. The molecule has 5 rings (SSSR count). The Morgan fingerprint density at radius 2 is 1.97 bits per heavy atom. The maximum Gasteiger partial charge on any atom is 0.269 e. The summed E-state index contributed by atoms with van der Waals surface area (Å²) in [5, 5.41) is 2.76. The van der Waals surface area contributed by atoms with E-state index in [2.05, 4.69) is 35.1 Å². The Bertz CT molecular complexity index is 1220. The number of hydrogen-bond acceptors (Lipinski definition) is 7. The van der Waals surface area contributed by atoms with Crippen molar-refractivity contribution < 1.29 is 9.18 Å². The number of nitrogens with one attached hydrogen (secondary N) is 2. The molecule has 2 fully saturated rings. The van der Waals surface area contributed by atoms with Crippen molar-refractivity contribution in [1.82, 2.24) is 30.2 Å². The van der Waals surface area contributed by atoms with E-state index in [0.717, 1.165) is 57.3 Å². The number of halogens is 1. The zero-order chi connectivity index (χ0) is 22.9. The Hall–Kier alpha value is -3.40. The van der Waals surface area contributed by atoms with E-state index in [1.807, 2.05) is 6.07 Å². The van der Waals surface area contributed by atoms with Gasteiger partial charge in [0.2, 0.25) is 0 Å². The zero-order valence-electron chi connectivity index (χ0n) is 18.4. The van der Waals surface area contributed by atoms with E-state index in [0.29, 0.717) is 23.2 Å². The van der Waals surface area contributed by atoms with E-state index < -0.39 is 5.82 Å². The molecular formula is C23H26FN7O2. The second-order valence-electron chi connectivity index (χ2n) is 8.64. The minimum atomic E-state index is -0.541. The molecule has 172 valence electrons. The maximum absolute atomic E-state index is 13.4. The molecule has 3 aromatic heterocycles. The van der Waals surface area contributed by atoms with Gasteiger partial charge in [-0.2, -0.15) is 0 Å². The van der Waals surface area contributed by atoms with Gasteiger partial charge in [0.05, 0.1) is 23.5 Å². The van der Waals surface area contributed by atoms with Crippen LogP contribution in [0.4, 0.5) is 10.1 Å². The van der Waals surface area contributed by atoms with Crippen LogP contribution in [0.5, 0.6) is 0 Å². The summed E-state index contributed by atoms with van der Waals surface area (Å²) < 4.78 is 13.4. The number of rotatable bonds is 4. The molecule has 33 heavy (non-hydrogen) atoms. The normalized spacial score (nSPS) is 21.5. The highest BCUT2D eigenvalue weighted by molar-refractivity contribution is 5.92. The van der Waals surface area contributed by atoms with E-state index in [1.165, 1.54) is 6.07 Å². The van der Waals surface area contributed by atoms with Crippen molar-refractivity contribution in [3.05, 3.63) is 58.3 Å². The number of aromatic amines is 1. The number of anilines is 1. The fourth-order valence-corrected chi connectivity index (χ4v) is 4.93. The van der Waals surface area contributed by atoms with Crippen LogP contribution in [0.15, 0.2) is 35.4 Å². The summed E-state index contributed by atoms with van der Waals surface area (Å²) >= 11 is 0. The number of aromatic nitrogens is 4. The number of carbonyl (C=O) groups is 1. The van der Waals surface area contributed by atoms with Crippen molar-refractivity contribution in [2.24, 2.45) is 0 Å². The summed E-state index contributed by atoms with van der Waals surface area (Å²) in [5.74, 6) is 0.0848. The third kappa shape index (κ3) is 4.30. The molecule has 9 nitrogen and oxygen atoms in total. The highest BCUT2D eigenvalue weighted by atomic mass is 19.1. The van der Waals surface area contributed by atoms with Gasteiger partial charge in [0.1, 0.15) is 17.3 Å². The van der Waals surface area contributed by atoms with E-state index in [9.17, 15) is 14.0 Å². The molecule has 0 bridgehead atoms. The first-order valence-electron chi connectivity index (χ1n) is 11.2. The Morgan fingerprint density at radius 1 is 1.15 bits per heavy atom. The predicted octanol–water partition coefficient (Wildman–Crippen LogP) is 1.67. The van der Waals surface area contributed by atoms with Gasteiger partial charge < -0.3 is 15.2 Å². The number of hydrogen-bond donors (Lipinski definition) is 2. The van der Waals surface area contributed by atoms with Crippen LogP contribution in [0.25, 0.3) is 11.0 Å². The predicted molar refractivity (Wildman–Crippen MR) is 122 cm³/mol. The Balaban J connectivity index is 1.21. The Kier molecular flexibility index (Phi) is 5.76. The minimum Gasteiger partial charge on any atom is -0.368 e. The van der Waals surface area contributed by atoms with Gasteiger partial charge in [0, 0.05) is 45.2 Å². The van der Waals surface area contributed by atoms with Gasteiger partial charge in [-0.05, 0) is 37.5 Å². The molecule has 2 unspecified atom stereocenters. The van der Waals surface area contributed by atoms with Crippen molar-refractivity contribution in [3.8, 4) is 0 Å². The van der Waals surface area contributed by atoms with E-state index in [1.54, 1.807) is 19.3 Å². The molecule has 0 spiro atoms. The highest BCUT2D eigenvalue weighted by Gasteiger charge is 2.33. The average molecular weight is 452 g/mol. The van der Waals surface area contributed by atoms with Gasteiger partial charge in [-0.3, -0.25) is 14.5 Å². The third-order valence-corrected chi connectivity index (χ3v) is 6.74. The van der Waals surface area contributed by atoms with Crippen LogP contribution in [0.3, 0.4) is 0 Å². The van der Waals surface area contributed by atoms with Gasteiger partial charge in [-0.1, -0.05) is 0 Å². The van der Waals surface area contributed by atoms with E-state index in [4.69, 9.17) is 0 Å². The van der Waals surface area contributed by atoms with Crippen LogP contribution in [-0.2, 0) is 0 Å². The van der Waals surface area contributed by atoms with Gasteiger partial charge in [-0.15, -0.1) is 0 Å². The molecule has 2 N–H and O–H groups in total. The standard InChI is InChI=1S/C23H26FN7O2/c1-25-23(33)19-5-4-17(13-26-19)31-8-6-30(7-9-31)16-3-2-14(10-16)20-28-21-18(22(32)29-20)11-15(24)12-27-21/h4-5,11-14,16H,2-3,6-10H2,1H3,(H,25,33)(H,27,28,29,32). The van der Waals surface area contributed by atoms with Crippen LogP contribution in [-0.4, -0.2) is 70.0 Å². The fourth-order valence-electron chi connectivity index (χ4n) is 4.93. The van der Waals surface area contributed by atoms with Crippen LogP contribution in [0, 0.1) is 5.82 Å². The average Bonchev–Trinajstić information content (AvgIpc) is 3.34. The van der Waals surface area contributed by atoms with E-state index in [-0.39, 0.29) is 22.8 Å². The Labute approximate surface area is 190 Å². The van der Waals surface area contributed by atoms with Crippen molar-refractivity contribution in [3.63, 3.8) is 0 Å². The molecule has 4 heterocycles. The number of nitrogens with zero attached hydrogens (tertiary/aromatic N) is 5. The second kappa shape index (κ2) is 8.86. The number of H-pyrrole nitrogens is 1. The lowest BCUT2D eigenvalue weighted by Gasteiger charge is -2.39. The summed E-state index contributed by atoms with van der Waals surface area (Å²) in [4.78, 5) is 44.5. The molecule has 1 aliphatic carbocycles. The minimum absolute atomic E-state index is 0.165. The second-order valence-corrected chi connectivity index (χ2v) is 8.64. The van der Waals surface area contributed by atoms with Crippen LogP contribution < -0.4 is 15.8 Å². The van der Waals surface area contributed by atoms with Crippen LogP contribution in [0.1, 0.15) is 41.5 Å². The lowest BCUT2D eigenvalue weighted by atomic mass is 10.1. The highest BCUT2D eigenvalue weighted by Crippen LogP contribution is 2.36. The largest absolute Gasteiger partial charge is 0.368 e. The monoisotopic (exact) mass is 451 g/mol. The smallest absolute Gasteiger partial charge is 0.269 e. The maximum atomic E-state index is 13.4. The van der Waals surface area contributed by atoms with Gasteiger partial charge >= 0.3 is 0 Å². The lowest BCUT2D eigenvalue weighted by Crippen LogP contribution is -2.49. The number of fused-ring (bicyclic) bond motifs is 1. The molecule has 2 atom stereocenters. The summed E-state index contributed by atoms with van der Waals surface area (Å²) in [5.41, 5.74) is 1.39. The summed E-state index contributed by atoms with van der Waals surface area (Å²) in [7, 11) is 1.59. The van der Waals surface area contributed by atoms with Crippen LogP contribution in [0.2, 0.25) is 0 Å². The summed E-state index contributed by atoms with van der Waals surface area (Å²) in [6.07, 6.45) is 5.78. The topological polar surface area (TPSA) is 107 Å². The lowest BCUT2D eigenvalue weighted by molar-refractivity contribution is 0.0958. The first kappa shape index (κ1) is 21.4. The molecule has 1 saturated carbocycles. The Morgan fingerprint density at radius 3 is 2.70 bits per heavy atom. The van der Waals surface area contributed by atoms with Gasteiger partial charge in [0.15, 0.2) is 5.65 Å². The summed E-state index contributed by atoms with van der Waals surface area (Å²) in [6.45, 7) is 3.67. The van der Waals surface area contributed by atoms with Crippen molar-refractivity contribution in [2.75, 3.05) is 38.1 Å². The van der Waals surface area contributed by atoms with Crippen molar-refractivity contribution in [1.29, 1.82) is 0 Å². The first-order valence-corrected chi connectivity index (χ1v) is 11.2. The van der Waals surface area contributed by atoms with Gasteiger partial charge in [0.25, 0.3) is 11.5 Å². The first-order chi connectivity index (χ1) is 16.0. The zero-order valence-corrected chi connectivity index (χ0v) is 18.4. The van der Waals surface area contributed by atoms with Gasteiger partial charge in [-0.25, -0.2) is 19.3 Å².